The van der Waals surface area contributed by atoms with E-state index in [-0.39, 0.29) is 48.9 Å². The van der Waals surface area contributed by atoms with E-state index in [0.717, 1.165) is 25.7 Å². The van der Waals surface area contributed by atoms with Crippen molar-refractivity contribution in [3.05, 3.63) is 0 Å². The zero-order valence-corrected chi connectivity index (χ0v) is 11.5. The van der Waals surface area contributed by atoms with Gasteiger partial charge in [-0.3, -0.25) is 9.59 Å². The molecule has 0 spiro atoms. The molecule has 2 fully saturated rings. The second-order valence-electron chi connectivity index (χ2n) is 5.23. The van der Waals surface area contributed by atoms with Gasteiger partial charge < -0.3 is 16.0 Å². The second-order valence-corrected chi connectivity index (χ2v) is 5.23. The third-order valence-electron chi connectivity index (χ3n) is 3.61. The molecule has 1 saturated carbocycles. The van der Waals surface area contributed by atoms with Gasteiger partial charge in [-0.1, -0.05) is 12.8 Å². The number of nitrogens with two attached hydrogens (primary N) is 1. The van der Waals surface area contributed by atoms with E-state index >= 15 is 0 Å². The zero-order valence-electron chi connectivity index (χ0n) is 10.7. The molecule has 6 heteroatoms. The molecule has 1 aliphatic heterocycles. The molecule has 0 bridgehead atoms. The number of hydrogen-bond acceptors (Lipinski definition) is 3. The van der Waals surface area contributed by atoms with Gasteiger partial charge in [-0.15, -0.1) is 12.4 Å². The highest BCUT2D eigenvalue weighted by Crippen LogP contribution is 2.26. The number of nitrogens with zero attached hydrogens (tertiary/aromatic N) is 1. The molecule has 3 unspecified atom stereocenters. The zero-order chi connectivity index (χ0) is 12.4. The standard InChI is InChI=1S/C12H21N3O2.ClH/c1-8(13)6-12(17)15-7-11(16)14-9-4-2-3-5-10(9)15;/h8-10H,2-7,13H2,1H3,(H,14,16);1H. The predicted molar refractivity (Wildman–Crippen MR) is 71.4 cm³/mol. The Hall–Kier alpha value is -0.810. The van der Waals surface area contributed by atoms with Crippen LogP contribution in [0.4, 0.5) is 0 Å². The van der Waals surface area contributed by atoms with Crippen LogP contribution in [-0.2, 0) is 9.59 Å². The third-order valence-corrected chi connectivity index (χ3v) is 3.61. The van der Waals surface area contributed by atoms with Crippen molar-refractivity contribution in [2.75, 3.05) is 6.54 Å². The van der Waals surface area contributed by atoms with E-state index in [1.54, 1.807) is 4.90 Å². The highest BCUT2D eigenvalue weighted by Gasteiger charge is 2.38. The van der Waals surface area contributed by atoms with Crippen LogP contribution in [0.5, 0.6) is 0 Å². The van der Waals surface area contributed by atoms with Gasteiger partial charge in [0, 0.05) is 18.5 Å². The average Bonchev–Trinajstić information content (AvgIpc) is 2.26. The van der Waals surface area contributed by atoms with Gasteiger partial charge in [0.05, 0.1) is 12.6 Å². The lowest BCUT2D eigenvalue weighted by Gasteiger charge is -2.44. The Balaban J connectivity index is 0.00000162. The summed E-state index contributed by atoms with van der Waals surface area (Å²) in [6.45, 7) is 2.02. The lowest BCUT2D eigenvalue weighted by atomic mass is 9.87. The van der Waals surface area contributed by atoms with Crippen LogP contribution in [0.15, 0.2) is 0 Å². The van der Waals surface area contributed by atoms with Crippen molar-refractivity contribution in [1.82, 2.24) is 10.2 Å². The maximum atomic E-state index is 12.1. The fraction of sp³-hybridized carbons (Fsp3) is 0.833. The van der Waals surface area contributed by atoms with Crippen molar-refractivity contribution in [2.24, 2.45) is 5.73 Å². The van der Waals surface area contributed by atoms with Crippen molar-refractivity contribution < 1.29 is 9.59 Å². The number of nitrogens with one attached hydrogen (secondary N) is 1. The summed E-state index contributed by atoms with van der Waals surface area (Å²) in [5.41, 5.74) is 5.65. The number of fused-ring (bicyclic) bond motifs is 1. The quantitative estimate of drug-likeness (QED) is 0.767. The highest BCUT2D eigenvalue weighted by atomic mass is 35.5. The normalized spacial score (nSPS) is 28.8. The van der Waals surface area contributed by atoms with Crippen LogP contribution in [0.25, 0.3) is 0 Å². The molecule has 0 aromatic carbocycles. The molecule has 104 valence electrons. The molecule has 3 atom stereocenters. The first-order valence-electron chi connectivity index (χ1n) is 6.42. The number of carbonyl (C=O) groups is 2. The maximum Gasteiger partial charge on any atom is 0.239 e. The Morgan fingerprint density at radius 1 is 1.50 bits per heavy atom. The summed E-state index contributed by atoms with van der Waals surface area (Å²) in [4.78, 5) is 25.4. The number of halogens is 1. The van der Waals surface area contributed by atoms with E-state index in [1.807, 2.05) is 6.92 Å². The van der Waals surface area contributed by atoms with E-state index in [1.165, 1.54) is 0 Å². The molecule has 2 rings (SSSR count). The van der Waals surface area contributed by atoms with Crippen LogP contribution in [-0.4, -0.2) is 41.4 Å². The maximum absolute atomic E-state index is 12.1. The number of piperazine rings is 1. The number of hydrogen-bond donors (Lipinski definition) is 2. The van der Waals surface area contributed by atoms with Gasteiger partial charge in [-0.2, -0.15) is 0 Å². The Labute approximate surface area is 114 Å². The average molecular weight is 276 g/mol. The number of rotatable bonds is 2. The van der Waals surface area contributed by atoms with E-state index < -0.39 is 0 Å². The van der Waals surface area contributed by atoms with Crippen molar-refractivity contribution in [1.29, 1.82) is 0 Å². The van der Waals surface area contributed by atoms with Gasteiger partial charge in [0.15, 0.2) is 0 Å². The number of amides is 2. The third kappa shape index (κ3) is 3.36. The molecular weight excluding hydrogens is 254 g/mol. The molecule has 0 radical (unpaired) electrons. The summed E-state index contributed by atoms with van der Waals surface area (Å²) in [7, 11) is 0. The minimum absolute atomic E-state index is 0. The Morgan fingerprint density at radius 2 is 2.17 bits per heavy atom. The fourth-order valence-corrected chi connectivity index (χ4v) is 2.84. The molecular formula is C12H22ClN3O2. The molecule has 5 nitrogen and oxygen atoms in total. The molecule has 0 aromatic heterocycles. The largest absolute Gasteiger partial charge is 0.350 e. The van der Waals surface area contributed by atoms with Gasteiger partial charge in [0.25, 0.3) is 0 Å². The molecule has 2 aliphatic rings. The van der Waals surface area contributed by atoms with Gasteiger partial charge in [0.1, 0.15) is 0 Å². The molecule has 1 heterocycles. The smallest absolute Gasteiger partial charge is 0.239 e. The fourth-order valence-electron chi connectivity index (χ4n) is 2.84. The molecule has 0 aromatic rings. The number of carbonyl (C=O) groups excluding carboxylic acids is 2. The Bertz CT molecular complexity index is 322. The SMILES string of the molecule is CC(N)CC(=O)N1CC(=O)NC2CCCCC21.Cl. The molecule has 2 amide bonds. The van der Waals surface area contributed by atoms with Crippen molar-refractivity contribution in [2.45, 2.75) is 57.2 Å². The van der Waals surface area contributed by atoms with Gasteiger partial charge in [-0.25, -0.2) is 0 Å². The minimum atomic E-state index is -0.144. The monoisotopic (exact) mass is 275 g/mol. The van der Waals surface area contributed by atoms with Gasteiger partial charge in [0.2, 0.25) is 11.8 Å². The minimum Gasteiger partial charge on any atom is -0.350 e. The van der Waals surface area contributed by atoms with Crippen LogP contribution in [0.3, 0.4) is 0 Å². The van der Waals surface area contributed by atoms with E-state index in [2.05, 4.69) is 5.32 Å². The molecule has 1 aliphatic carbocycles. The first-order chi connectivity index (χ1) is 8.08. The van der Waals surface area contributed by atoms with Gasteiger partial charge in [-0.05, 0) is 19.8 Å². The molecule has 18 heavy (non-hydrogen) atoms. The van der Waals surface area contributed by atoms with Crippen LogP contribution in [0.2, 0.25) is 0 Å². The van der Waals surface area contributed by atoms with E-state index in [9.17, 15) is 9.59 Å². The Morgan fingerprint density at radius 3 is 2.83 bits per heavy atom. The van der Waals surface area contributed by atoms with E-state index in [4.69, 9.17) is 5.73 Å². The van der Waals surface area contributed by atoms with Crippen LogP contribution in [0, 0.1) is 0 Å². The second kappa shape index (κ2) is 6.38. The lowest BCUT2D eigenvalue weighted by molar-refractivity contribution is -0.144. The summed E-state index contributed by atoms with van der Waals surface area (Å²) in [5, 5.41) is 2.99. The van der Waals surface area contributed by atoms with Crippen molar-refractivity contribution in [3.63, 3.8) is 0 Å². The van der Waals surface area contributed by atoms with Crippen LogP contribution in [0.1, 0.15) is 39.0 Å². The first-order valence-corrected chi connectivity index (χ1v) is 6.42. The van der Waals surface area contributed by atoms with Crippen molar-refractivity contribution in [3.8, 4) is 0 Å². The predicted octanol–water partition coefficient (Wildman–Crippen LogP) is 0.415. The lowest BCUT2D eigenvalue weighted by Crippen LogP contribution is -2.63. The van der Waals surface area contributed by atoms with Crippen molar-refractivity contribution >= 4 is 24.2 Å². The summed E-state index contributed by atoms with van der Waals surface area (Å²) in [6, 6.07) is 0.198. The molecule has 3 N–H and O–H groups in total. The van der Waals surface area contributed by atoms with Crippen LogP contribution >= 0.6 is 12.4 Å². The highest BCUT2D eigenvalue weighted by molar-refractivity contribution is 5.87. The Kier molecular flexibility index (Phi) is 5.41. The summed E-state index contributed by atoms with van der Waals surface area (Å²) >= 11 is 0. The first kappa shape index (κ1) is 15.2. The summed E-state index contributed by atoms with van der Waals surface area (Å²) in [6.07, 6.45) is 4.58. The molecule has 1 saturated heterocycles. The summed E-state index contributed by atoms with van der Waals surface area (Å²) < 4.78 is 0. The van der Waals surface area contributed by atoms with Crippen LogP contribution < -0.4 is 11.1 Å². The van der Waals surface area contributed by atoms with Gasteiger partial charge >= 0.3 is 0 Å². The topological polar surface area (TPSA) is 75.4 Å². The summed E-state index contributed by atoms with van der Waals surface area (Å²) in [5.74, 6) is -0.0158. The van der Waals surface area contributed by atoms with E-state index in [0.29, 0.717) is 6.42 Å².